The van der Waals surface area contributed by atoms with Crippen molar-refractivity contribution in [2.24, 2.45) is 5.92 Å². The minimum atomic E-state index is -0.452. The number of fused-ring (bicyclic) bond motifs is 1. The number of anilines is 2. The maximum Gasteiger partial charge on any atom is 0.234 e. The predicted molar refractivity (Wildman–Crippen MR) is 125 cm³/mol. The lowest BCUT2D eigenvalue weighted by Crippen LogP contribution is -2.28. The third kappa shape index (κ3) is 4.03. The fraction of sp³-hybridized carbons (Fsp3) is 0.200. The molecule has 2 amide bonds. The Morgan fingerprint density at radius 1 is 1.18 bits per heavy atom. The Hall–Kier alpha value is -4.20. The van der Waals surface area contributed by atoms with E-state index in [-0.39, 0.29) is 18.2 Å². The molecule has 33 heavy (non-hydrogen) atoms. The van der Waals surface area contributed by atoms with Crippen LogP contribution in [-0.2, 0) is 9.59 Å². The lowest BCUT2D eigenvalue weighted by atomic mass is 10.1. The molecule has 166 valence electrons. The highest BCUT2D eigenvalue weighted by atomic mass is 16.5. The van der Waals surface area contributed by atoms with E-state index >= 15 is 0 Å². The molecule has 8 nitrogen and oxygen atoms in total. The summed E-state index contributed by atoms with van der Waals surface area (Å²) in [7, 11) is 1.55. The zero-order valence-electron chi connectivity index (χ0n) is 18.4. The summed E-state index contributed by atoms with van der Waals surface area (Å²) in [6, 6.07) is 15.1. The Morgan fingerprint density at radius 3 is 2.76 bits per heavy atom. The number of nitrogens with one attached hydrogen (secondary N) is 1. The fourth-order valence-corrected chi connectivity index (χ4v) is 4.03. The van der Waals surface area contributed by atoms with Crippen LogP contribution in [0.4, 0.5) is 11.4 Å². The van der Waals surface area contributed by atoms with Crippen molar-refractivity contribution in [1.82, 2.24) is 14.4 Å². The molecule has 5 rings (SSSR count). The number of hydrogen-bond acceptors (Lipinski definition) is 5. The fourth-order valence-electron chi connectivity index (χ4n) is 4.03. The molecule has 0 aliphatic carbocycles. The number of ether oxygens (including phenoxy) is 1. The van der Waals surface area contributed by atoms with Crippen LogP contribution in [0, 0.1) is 12.8 Å². The van der Waals surface area contributed by atoms with Crippen LogP contribution in [0.5, 0.6) is 5.75 Å². The molecule has 0 unspecified atom stereocenters. The van der Waals surface area contributed by atoms with Crippen LogP contribution in [0.2, 0.25) is 0 Å². The number of carbonyl (C=O) groups is 2. The van der Waals surface area contributed by atoms with Gasteiger partial charge >= 0.3 is 0 Å². The number of methoxy groups -OCH3 is 1. The highest BCUT2D eigenvalue weighted by Crippen LogP contribution is 2.32. The van der Waals surface area contributed by atoms with Crippen molar-refractivity contribution in [2.75, 3.05) is 23.9 Å². The largest absolute Gasteiger partial charge is 0.495 e. The van der Waals surface area contributed by atoms with E-state index in [4.69, 9.17) is 4.74 Å². The second-order valence-electron chi connectivity index (χ2n) is 8.10. The number of nitrogens with zero attached hydrogens (tertiary/aromatic N) is 4. The normalized spacial score (nSPS) is 15.8. The molecule has 4 aromatic rings. The van der Waals surface area contributed by atoms with Crippen molar-refractivity contribution < 1.29 is 14.3 Å². The van der Waals surface area contributed by atoms with E-state index in [0.29, 0.717) is 23.8 Å². The molecule has 1 aliphatic rings. The summed E-state index contributed by atoms with van der Waals surface area (Å²) in [6.45, 7) is 2.34. The third-order valence-corrected chi connectivity index (χ3v) is 5.83. The summed E-state index contributed by atoms with van der Waals surface area (Å²) in [6.07, 6.45) is 5.61. The molecule has 3 heterocycles. The van der Waals surface area contributed by atoms with Crippen LogP contribution in [0.15, 0.2) is 67.1 Å². The van der Waals surface area contributed by atoms with Crippen LogP contribution in [0.3, 0.4) is 0 Å². The smallest absolute Gasteiger partial charge is 0.234 e. The van der Waals surface area contributed by atoms with Crippen LogP contribution in [0.25, 0.3) is 17.0 Å². The Morgan fingerprint density at radius 2 is 2.00 bits per heavy atom. The van der Waals surface area contributed by atoms with Crippen molar-refractivity contribution in [2.45, 2.75) is 13.3 Å². The van der Waals surface area contributed by atoms with E-state index in [1.807, 2.05) is 66.2 Å². The van der Waals surface area contributed by atoms with E-state index in [1.54, 1.807) is 24.3 Å². The predicted octanol–water partition coefficient (Wildman–Crippen LogP) is 3.70. The van der Waals surface area contributed by atoms with E-state index in [9.17, 15) is 9.59 Å². The molecule has 1 fully saturated rings. The van der Waals surface area contributed by atoms with Gasteiger partial charge < -0.3 is 15.0 Å². The SMILES string of the molecule is COc1ccc(-c2cn3cccnc3n2)cc1NC(=O)[C@H]1CC(=O)N(c2ccc(C)cc2)C1. The van der Waals surface area contributed by atoms with E-state index in [1.165, 1.54) is 0 Å². The molecule has 0 bridgehead atoms. The average molecular weight is 441 g/mol. The third-order valence-electron chi connectivity index (χ3n) is 5.83. The summed E-state index contributed by atoms with van der Waals surface area (Å²) in [5.41, 5.74) is 4.01. The van der Waals surface area contributed by atoms with Crippen LogP contribution >= 0.6 is 0 Å². The van der Waals surface area contributed by atoms with Gasteiger partial charge in [0.25, 0.3) is 0 Å². The van der Waals surface area contributed by atoms with Gasteiger partial charge in [0.05, 0.1) is 24.4 Å². The zero-order valence-corrected chi connectivity index (χ0v) is 18.4. The number of benzene rings is 2. The van der Waals surface area contributed by atoms with Gasteiger partial charge in [-0.2, -0.15) is 0 Å². The monoisotopic (exact) mass is 441 g/mol. The van der Waals surface area contributed by atoms with Crippen molar-refractivity contribution in [3.63, 3.8) is 0 Å². The molecule has 1 saturated heterocycles. The average Bonchev–Trinajstić information content (AvgIpc) is 3.43. The summed E-state index contributed by atoms with van der Waals surface area (Å²) >= 11 is 0. The first-order valence-electron chi connectivity index (χ1n) is 10.7. The molecule has 1 N–H and O–H groups in total. The van der Waals surface area contributed by atoms with Crippen LogP contribution in [-0.4, -0.2) is 39.8 Å². The second kappa shape index (κ2) is 8.38. The lowest BCUT2D eigenvalue weighted by Gasteiger charge is -2.17. The minimum absolute atomic E-state index is 0.0584. The van der Waals surface area contributed by atoms with Gasteiger partial charge in [-0.3, -0.25) is 14.0 Å². The lowest BCUT2D eigenvalue weighted by molar-refractivity contribution is -0.122. The molecule has 0 saturated carbocycles. The first kappa shape index (κ1) is 20.7. The molecule has 2 aromatic carbocycles. The molecule has 2 aromatic heterocycles. The molecule has 0 spiro atoms. The molecule has 0 radical (unpaired) electrons. The molecule has 8 heteroatoms. The Bertz CT molecular complexity index is 1310. The standard InChI is InChI=1S/C25H23N5O3/c1-16-4-7-19(8-5-16)30-14-18(13-23(30)31)24(32)27-20-12-17(6-9-22(20)33-2)21-15-29-11-3-10-26-25(29)28-21/h3-12,15,18H,13-14H2,1-2H3,(H,27,32)/t18-/m0/s1. The number of rotatable bonds is 5. The zero-order chi connectivity index (χ0) is 22.9. The van der Waals surface area contributed by atoms with Gasteiger partial charge in [0.1, 0.15) is 5.75 Å². The highest BCUT2D eigenvalue weighted by Gasteiger charge is 2.35. The Labute approximate surface area is 190 Å². The maximum absolute atomic E-state index is 13.1. The van der Waals surface area contributed by atoms with Crippen molar-refractivity contribution >= 4 is 29.0 Å². The van der Waals surface area contributed by atoms with E-state index in [2.05, 4.69) is 15.3 Å². The van der Waals surface area contributed by atoms with Crippen molar-refractivity contribution in [3.05, 3.63) is 72.7 Å². The Balaban J connectivity index is 1.37. The van der Waals surface area contributed by atoms with Gasteiger partial charge in [-0.15, -0.1) is 0 Å². The summed E-state index contributed by atoms with van der Waals surface area (Å²) in [5, 5.41) is 2.96. The van der Waals surface area contributed by atoms with Gasteiger partial charge in [0.2, 0.25) is 17.6 Å². The maximum atomic E-state index is 13.1. The first-order chi connectivity index (χ1) is 16.0. The van der Waals surface area contributed by atoms with E-state index < -0.39 is 5.92 Å². The summed E-state index contributed by atoms with van der Waals surface area (Å²) < 4.78 is 7.29. The molecular formula is C25H23N5O3. The van der Waals surface area contributed by atoms with Gasteiger partial charge in [-0.1, -0.05) is 17.7 Å². The number of aryl methyl sites for hydroxylation is 1. The number of amides is 2. The van der Waals surface area contributed by atoms with Gasteiger partial charge in [0.15, 0.2) is 0 Å². The van der Waals surface area contributed by atoms with Gasteiger partial charge in [-0.25, -0.2) is 9.97 Å². The molecule has 1 aliphatic heterocycles. The number of aromatic nitrogens is 3. The van der Waals surface area contributed by atoms with Gasteiger partial charge in [-0.05, 0) is 43.3 Å². The second-order valence-corrected chi connectivity index (χ2v) is 8.10. The van der Waals surface area contributed by atoms with Crippen molar-refractivity contribution in [3.8, 4) is 17.0 Å². The first-order valence-corrected chi connectivity index (χ1v) is 10.7. The number of hydrogen-bond donors (Lipinski definition) is 1. The summed E-state index contributed by atoms with van der Waals surface area (Å²) in [4.78, 5) is 36.1. The molecular weight excluding hydrogens is 418 g/mol. The van der Waals surface area contributed by atoms with E-state index in [0.717, 1.165) is 22.5 Å². The Kier molecular flexibility index (Phi) is 5.26. The topological polar surface area (TPSA) is 88.8 Å². The minimum Gasteiger partial charge on any atom is -0.495 e. The molecule has 1 atom stereocenters. The summed E-state index contributed by atoms with van der Waals surface area (Å²) in [5.74, 6) is 0.400. The van der Waals surface area contributed by atoms with Crippen LogP contribution in [0.1, 0.15) is 12.0 Å². The number of carbonyl (C=O) groups excluding carboxylic acids is 2. The van der Waals surface area contributed by atoms with Crippen LogP contribution < -0.4 is 15.0 Å². The highest BCUT2D eigenvalue weighted by molar-refractivity contribution is 6.04. The van der Waals surface area contributed by atoms with Gasteiger partial charge in [0, 0.05) is 42.8 Å². The number of imidazole rings is 1. The van der Waals surface area contributed by atoms with Crippen molar-refractivity contribution in [1.29, 1.82) is 0 Å². The quantitative estimate of drug-likeness (QED) is 0.510.